The fourth-order valence-corrected chi connectivity index (χ4v) is 4.86. The van der Waals surface area contributed by atoms with Gasteiger partial charge in [0.05, 0.1) is 0 Å². The maximum atomic E-state index is 14.0. The number of amides is 1. The van der Waals surface area contributed by atoms with E-state index in [0.29, 0.717) is 11.4 Å². The van der Waals surface area contributed by atoms with Gasteiger partial charge >= 0.3 is 0 Å². The second kappa shape index (κ2) is 12.2. The number of nitrogens with one attached hydrogen (secondary N) is 2. The van der Waals surface area contributed by atoms with Crippen LogP contribution >= 0.6 is 11.8 Å². The second-order valence-electron chi connectivity index (χ2n) is 7.04. The molecule has 0 aliphatic rings. The van der Waals surface area contributed by atoms with Crippen LogP contribution in [0.4, 0.5) is 10.1 Å². The fraction of sp³-hybridized carbons (Fsp3) is 0.409. The zero-order valence-electron chi connectivity index (χ0n) is 18.1. The first kappa shape index (κ1) is 25.3. The molecule has 0 aromatic heterocycles. The van der Waals surface area contributed by atoms with Gasteiger partial charge in [-0.25, -0.2) is 12.8 Å². The second-order valence-corrected chi connectivity index (χ2v) is 9.70. The molecule has 2 aromatic carbocycles. The minimum atomic E-state index is -4.19. The van der Waals surface area contributed by atoms with Crippen LogP contribution in [-0.4, -0.2) is 50.4 Å². The molecule has 2 rings (SSSR count). The maximum absolute atomic E-state index is 14.0. The summed E-state index contributed by atoms with van der Waals surface area (Å²) in [5.41, 5.74) is 1.64. The quantitative estimate of drug-likeness (QED) is 0.498. The molecular formula is C22H30FN3O3S2. The van der Waals surface area contributed by atoms with E-state index in [4.69, 9.17) is 0 Å². The molecule has 1 unspecified atom stereocenters. The van der Waals surface area contributed by atoms with Crippen LogP contribution in [0.2, 0.25) is 0 Å². The molecule has 2 N–H and O–H groups in total. The first-order valence-electron chi connectivity index (χ1n) is 10.2. The molecule has 1 atom stereocenters. The van der Waals surface area contributed by atoms with E-state index in [1.165, 1.54) is 30.0 Å². The molecular weight excluding hydrogens is 437 g/mol. The first-order valence-corrected chi connectivity index (χ1v) is 13.1. The molecule has 0 fully saturated rings. The molecule has 0 aliphatic heterocycles. The Hall–Kier alpha value is -1.94. The van der Waals surface area contributed by atoms with Gasteiger partial charge in [0.15, 0.2) is 0 Å². The topological polar surface area (TPSA) is 78.5 Å². The third-order valence-corrected chi connectivity index (χ3v) is 6.99. The summed E-state index contributed by atoms with van der Waals surface area (Å²) in [6.07, 6.45) is 2.15. The number of thioether (sulfide) groups is 1. The lowest BCUT2D eigenvalue weighted by Crippen LogP contribution is -2.44. The number of carbonyl (C=O) groups is 1. The third kappa shape index (κ3) is 7.60. The fourth-order valence-electron chi connectivity index (χ4n) is 3.07. The molecule has 31 heavy (non-hydrogen) atoms. The van der Waals surface area contributed by atoms with Gasteiger partial charge in [-0.2, -0.15) is 16.5 Å². The van der Waals surface area contributed by atoms with Crippen LogP contribution in [-0.2, 0) is 21.4 Å². The van der Waals surface area contributed by atoms with Gasteiger partial charge in [-0.3, -0.25) is 9.69 Å². The van der Waals surface area contributed by atoms with Crippen LogP contribution in [0.5, 0.6) is 0 Å². The molecule has 0 saturated heterocycles. The standard InChI is InChI=1S/C22H30FN3O3S2/c1-4-26(5-2)16-17-9-8-10-18(15-17)24-22(27)20(13-14-30-3)25-31(28,29)21-12-7-6-11-19(21)23/h6-12,15,20,25H,4-5,13-14,16H2,1-3H3,(H,24,27). The van der Waals surface area contributed by atoms with Crippen LogP contribution in [0.1, 0.15) is 25.8 Å². The van der Waals surface area contributed by atoms with E-state index in [2.05, 4.69) is 28.8 Å². The Bertz CT molecular complexity index is 966. The lowest BCUT2D eigenvalue weighted by molar-refractivity contribution is -0.117. The zero-order chi connectivity index (χ0) is 22.9. The number of sulfonamides is 1. The number of hydrogen-bond acceptors (Lipinski definition) is 5. The van der Waals surface area contributed by atoms with Crippen molar-refractivity contribution in [1.29, 1.82) is 0 Å². The van der Waals surface area contributed by atoms with E-state index >= 15 is 0 Å². The molecule has 9 heteroatoms. The normalized spacial score (nSPS) is 12.7. The molecule has 0 bridgehead atoms. The van der Waals surface area contributed by atoms with Gasteiger partial charge in [0.1, 0.15) is 16.8 Å². The molecule has 0 saturated carbocycles. The van der Waals surface area contributed by atoms with Crippen LogP contribution in [0, 0.1) is 5.82 Å². The van der Waals surface area contributed by atoms with Gasteiger partial charge in [-0.05, 0) is 61.3 Å². The summed E-state index contributed by atoms with van der Waals surface area (Å²) in [5.74, 6) is -0.767. The molecule has 6 nitrogen and oxygen atoms in total. The highest BCUT2D eigenvalue weighted by Crippen LogP contribution is 2.17. The van der Waals surface area contributed by atoms with Crippen LogP contribution in [0.25, 0.3) is 0 Å². The average molecular weight is 468 g/mol. The van der Waals surface area contributed by atoms with Crippen molar-refractivity contribution in [2.75, 3.05) is 30.4 Å². The Morgan fingerprint density at radius 1 is 1.13 bits per heavy atom. The summed E-state index contributed by atoms with van der Waals surface area (Å²) in [6, 6.07) is 11.6. The zero-order valence-corrected chi connectivity index (χ0v) is 19.7. The Balaban J connectivity index is 2.17. The van der Waals surface area contributed by atoms with Gasteiger partial charge in [-0.15, -0.1) is 0 Å². The van der Waals surface area contributed by atoms with Gasteiger partial charge in [0.25, 0.3) is 0 Å². The summed E-state index contributed by atoms with van der Waals surface area (Å²) in [4.78, 5) is 14.7. The Morgan fingerprint density at radius 2 is 1.84 bits per heavy atom. The highest BCUT2D eigenvalue weighted by atomic mass is 32.2. The largest absolute Gasteiger partial charge is 0.325 e. The van der Waals surface area contributed by atoms with Crippen molar-refractivity contribution in [3.63, 3.8) is 0 Å². The van der Waals surface area contributed by atoms with E-state index in [1.807, 2.05) is 24.5 Å². The summed E-state index contributed by atoms with van der Waals surface area (Å²) in [7, 11) is -4.19. The minimum absolute atomic E-state index is 0.278. The van der Waals surface area contributed by atoms with Gasteiger partial charge < -0.3 is 5.32 Å². The number of halogens is 1. The third-order valence-electron chi connectivity index (χ3n) is 4.85. The average Bonchev–Trinajstić information content (AvgIpc) is 2.75. The summed E-state index contributed by atoms with van der Waals surface area (Å²) in [6.45, 7) is 6.77. The van der Waals surface area contributed by atoms with E-state index in [-0.39, 0.29) is 6.42 Å². The van der Waals surface area contributed by atoms with Gasteiger partial charge in [-0.1, -0.05) is 38.1 Å². The SMILES string of the molecule is CCN(CC)Cc1cccc(NC(=O)C(CCSC)NS(=O)(=O)c2ccccc2F)c1. The van der Waals surface area contributed by atoms with Crippen molar-refractivity contribution in [2.45, 2.75) is 37.8 Å². The molecule has 0 radical (unpaired) electrons. The Labute approximate surface area is 188 Å². The number of benzene rings is 2. The summed E-state index contributed by atoms with van der Waals surface area (Å²) < 4.78 is 41.7. The lowest BCUT2D eigenvalue weighted by atomic mass is 10.1. The minimum Gasteiger partial charge on any atom is -0.325 e. The predicted molar refractivity (Wildman–Crippen MR) is 125 cm³/mol. The molecule has 0 heterocycles. The van der Waals surface area contributed by atoms with Crippen molar-refractivity contribution in [3.8, 4) is 0 Å². The predicted octanol–water partition coefficient (Wildman–Crippen LogP) is 3.71. The van der Waals surface area contributed by atoms with Crippen LogP contribution in [0.3, 0.4) is 0 Å². The molecule has 0 spiro atoms. The van der Waals surface area contributed by atoms with Crippen LogP contribution < -0.4 is 10.0 Å². The van der Waals surface area contributed by atoms with Crippen molar-refractivity contribution >= 4 is 33.4 Å². The van der Waals surface area contributed by atoms with E-state index < -0.39 is 32.7 Å². The van der Waals surface area contributed by atoms with E-state index in [9.17, 15) is 17.6 Å². The molecule has 170 valence electrons. The maximum Gasteiger partial charge on any atom is 0.244 e. The number of rotatable bonds is 12. The first-order chi connectivity index (χ1) is 14.8. The van der Waals surface area contributed by atoms with E-state index in [0.717, 1.165) is 31.3 Å². The Morgan fingerprint density at radius 3 is 2.48 bits per heavy atom. The summed E-state index contributed by atoms with van der Waals surface area (Å²) in [5, 5.41) is 2.80. The van der Waals surface area contributed by atoms with Crippen LogP contribution in [0.15, 0.2) is 53.4 Å². The molecule has 1 amide bonds. The van der Waals surface area contributed by atoms with E-state index in [1.54, 1.807) is 6.07 Å². The number of nitrogens with zero attached hydrogens (tertiary/aromatic N) is 1. The van der Waals surface area contributed by atoms with Crippen molar-refractivity contribution in [1.82, 2.24) is 9.62 Å². The molecule has 2 aromatic rings. The number of hydrogen-bond donors (Lipinski definition) is 2. The van der Waals surface area contributed by atoms with Crippen molar-refractivity contribution in [3.05, 3.63) is 59.9 Å². The smallest absolute Gasteiger partial charge is 0.244 e. The lowest BCUT2D eigenvalue weighted by Gasteiger charge is -2.20. The monoisotopic (exact) mass is 467 g/mol. The highest BCUT2D eigenvalue weighted by molar-refractivity contribution is 7.98. The van der Waals surface area contributed by atoms with Crippen molar-refractivity contribution < 1.29 is 17.6 Å². The van der Waals surface area contributed by atoms with Crippen molar-refractivity contribution in [2.24, 2.45) is 0 Å². The highest BCUT2D eigenvalue weighted by Gasteiger charge is 2.27. The number of carbonyl (C=O) groups excluding carboxylic acids is 1. The molecule has 0 aliphatic carbocycles. The van der Waals surface area contributed by atoms with Gasteiger partial charge in [0, 0.05) is 12.2 Å². The number of anilines is 1. The van der Waals surface area contributed by atoms with Gasteiger partial charge in [0.2, 0.25) is 15.9 Å². The Kier molecular flexibility index (Phi) is 9.95. The summed E-state index contributed by atoms with van der Waals surface area (Å²) >= 11 is 1.50.